The summed E-state index contributed by atoms with van der Waals surface area (Å²) in [5.41, 5.74) is 1.42. The molecule has 0 saturated carbocycles. The van der Waals surface area contributed by atoms with Crippen LogP contribution >= 0.6 is 23.1 Å². The van der Waals surface area contributed by atoms with Crippen LogP contribution in [0.15, 0.2) is 51.1 Å². The Kier molecular flexibility index (Phi) is 4.21. The molecule has 0 radical (unpaired) electrons. The Balaban J connectivity index is 1.95. The number of aryl methyl sites for hydroxylation is 1. The van der Waals surface area contributed by atoms with Crippen LogP contribution in [-0.2, 0) is 16.9 Å². The monoisotopic (exact) mass is 404 g/mol. The van der Waals surface area contributed by atoms with Gasteiger partial charge in [0.1, 0.15) is 16.2 Å². The van der Waals surface area contributed by atoms with Gasteiger partial charge >= 0.3 is 0 Å². The average Bonchev–Trinajstić information content (AvgIpc) is 3.21. The molecule has 0 fully saturated rings. The number of fused-ring (bicyclic) bond motifs is 1. The molecule has 11 heteroatoms. The molecule has 0 amide bonds. The second-order valence-corrected chi connectivity index (χ2v) is 9.26. The van der Waals surface area contributed by atoms with E-state index in [0.717, 1.165) is 15.8 Å². The number of tetrazole rings is 1. The van der Waals surface area contributed by atoms with E-state index in [9.17, 15) is 8.42 Å². The van der Waals surface area contributed by atoms with Crippen LogP contribution in [0.5, 0.6) is 0 Å². The van der Waals surface area contributed by atoms with E-state index >= 15 is 0 Å². The first-order chi connectivity index (χ1) is 12.4. The minimum absolute atomic E-state index is 0.278. The highest BCUT2D eigenvalue weighted by molar-refractivity contribution is 7.99. The van der Waals surface area contributed by atoms with Gasteiger partial charge in [0.05, 0.1) is 10.3 Å². The third-order valence-electron chi connectivity index (χ3n) is 3.68. The summed E-state index contributed by atoms with van der Waals surface area (Å²) in [6, 6.07) is 6.93. The second-order valence-electron chi connectivity index (χ2n) is 5.46. The fourth-order valence-electron chi connectivity index (χ4n) is 2.53. The second kappa shape index (κ2) is 6.41. The molecule has 3 aromatic heterocycles. The van der Waals surface area contributed by atoms with Crippen molar-refractivity contribution in [2.45, 2.75) is 15.1 Å². The molecule has 0 aliphatic carbocycles. The summed E-state index contributed by atoms with van der Waals surface area (Å²) < 4.78 is 26.0. The molecule has 0 unspecified atom stereocenters. The topological polar surface area (TPSA) is 104 Å². The lowest BCUT2D eigenvalue weighted by molar-refractivity contribution is 0.602. The highest BCUT2D eigenvalue weighted by atomic mass is 32.2. The largest absolute Gasteiger partial charge is 0.229 e. The number of nitrogens with zero attached hydrogens (tertiary/aromatic N) is 6. The molecule has 0 bridgehead atoms. The van der Waals surface area contributed by atoms with Crippen molar-refractivity contribution in [1.82, 2.24) is 30.2 Å². The Hall–Kier alpha value is -2.37. The molecule has 0 aliphatic heterocycles. The fraction of sp³-hybridized carbons (Fsp3) is 0.133. The van der Waals surface area contributed by atoms with Crippen molar-refractivity contribution in [3.8, 4) is 11.1 Å². The molecule has 3 heterocycles. The zero-order chi connectivity index (χ0) is 18.3. The number of benzene rings is 1. The summed E-state index contributed by atoms with van der Waals surface area (Å²) in [7, 11) is -1.63. The predicted octanol–water partition coefficient (Wildman–Crippen LogP) is 2.44. The zero-order valence-electron chi connectivity index (χ0n) is 13.7. The summed E-state index contributed by atoms with van der Waals surface area (Å²) in [4.78, 5) is 9.74. The Bertz CT molecular complexity index is 1220. The van der Waals surface area contributed by atoms with Crippen LogP contribution in [0.25, 0.3) is 21.3 Å². The quantitative estimate of drug-likeness (QED) is 0.478. The number of sulfone groups is 1. The first-order valence-electron chi connectivity index (χ1n) is 7.37. The van der Waals surface area contributed by atoms with E-state index < -0.39 is 9.84 Å². The molecule has 0 aliphatic rings. The van der Waals surface area contributed by atoms with Crippen LogP contribution in [0, 0.1) is 0 Å². The molecule has 132 valence electrons. The molecule has 4 rings (SSSR count). The summed E-state index contributed by atoms with van der Waals surface area (Å²) in [5.74, 6) is 0. The number of aromatic nitrogens is 6. The maximum atomic E-state index is 12.2. The molecule has 0 atom stereocenters. The molecular formula is C15H12N6O2S3. The van der Waals surface area contributed by atoms with Gasteiger partial charge in [-0.2, -0.15) is 0 Å². The Morgan fingerprint density at radius 2 is 1.96 bits per heavy atom. The normalized spacial score (nSPS) is 11.9. The van der Waals surface area contributed by atoms with Gasteiger partial charge in [0.15, 0.2) is 9.84 Å². The highest BCUT2D eigenvalue weighted by Crippen LogP contribution is 2.41. The Morgan fingerprint density at radius 3 is 2.69 bits per heavy atom. The zero-order valence-corrected chi connectivity index (χ0v) is 16.1. The Morgan fingerprint density at radius 1 is 1.15 bits per heavy atom. The van der Waals surface area contributed by atoms with Gasteiger partial charge in [-0.15, -0.1) is 16.4 Å². The van der Waals surface area contributed by atoms with E-state index in [1.165, 1.54) is 35.7 Å². The van der Waals surface area contributed by atoms with Crippen molar-refractivity contribution in [2.24, 2.45) is 7.05 Å². The standard InChI is InChI=1S/C15H12N6O2S3/c1-21-15(18-19-20-21)25-14-12-10(7-24-13(12)16-8-17-14)9-5-3-4-6-11(9)26(2,22)23/h3-8H,1-2H3. The van der Waals surface area contributed by atoms with Gasteiger partial charge in [0, 0.05) is 29.8 Å². The van der Waals surface area contributed by atoms with Crippen LogP contribution in [0.4, 0.5) is 0 Å². The Labute approximate surface area is 157 Å². The molecule has 0 saturated heterocycles. The summed E-state index contributed by atoms with van der Waals surface area (Å²) in [5, 5.41) is 15.4. The minimum Gasteiger partial charge on any atom is -0.229 e. The van der Waals surface area contributed by atoms with Gasteiger partial charge in [0.2, 0.25) is 5.16 Å². The van der Waals surface area contributed by atoms with Gasteiger partial charge in [-0.25, -0.2) is 23.1 Å². The van der Waals surface area contributed by atoms with E-state index in [-0.39, 0.29) is 4.90 Å². The van der Waals surface area contributed by atoms with Crippen LogP contribution in [-0.4, -0.2) is 44.8 Å². The fourth-order valence-corrected chi connectivity index (χ4v) is 5.23. The van der Waals surface area contributed by atoms with E-state index in [2.05, 4.69) is 25.5 Å². The van der Waals surface area contributed by atoms with E-state index in [4.69, 9.17) is 0 Å². The number of thiophene rings is 1. The van der Waals surface area contributed by atoms with Gasteiger partial charge in [-0.05, 0) is 28.3 Å². The van der Waals surface area contributed by atoms with E-state index in [1.54, 1.807) is 29.9 Å². The van der Waals surface area contributed by atoms with E-state index in [0.29, 0.717) is 15.7 Å². The molecule has 26 heavy (non-hydrogen) atoms. The van der Waals surface area contributed by atoms with E-state index in [1.807, 2.05) is 11.4 Å². The van der Waals surface area contributed by atoms with Crippen LogP contribution in [0.3, 0.4) is 0 Å². The van der Waals surface area contributed by atoms with Crippen molar-refractivity contribution in [3.63, 3.8) is 0 Å². The smallest absolute Gasteiger partial charge is 0.215 e. The third kappa shape index (κ3) is 2.97. The van der Waals surface area contributed by atoms with Gasteiger partial charge in [0.25, 0.3) is 0 Å². The van der Waals surface area contributed by atoms with Crippen LogP contribution in [0.2, 0.25) is 0 Å². The summed E-state index contributed by atoms with van der Waals surface area (Å²) in [6.45, 7) is 0. The maximum Gasteiger partial charge on any atom is 0.215 e. The van der Waals surface area contributed by atoms with Crippen LogP contribution in [0.1, 0.15) is 0 Å². The summed E-state index contributed by atoms with van der Waals surface area (Å²) >= 11 is 2.75. The van der Waals surface area contributed by atoms with Crippen LogP contribution < -0.4 is 0 Å². The van der Waals surface area contributed by atoms with Gasteiger partial charge in [-0.3, -0.25) is 0 Å². The van der Waals surface area contributed by atoms with Crippen molar-refractivity contribution >= 4 is 43.2 Å². The predicted molar refractivity (Wildman–Crippen MR) is 98.9 cm³/mol. The van der Waals surface area contributed by atoms with Crippen molar-refractivity contribution in [2.75, 3.05) is 6.26 Å². The SMILES string of the molecule is Cn1nnnc1Sc1ncnc2scc(-c3ccccc3S(C)(=O)=O)c12. The molecule has 0 N–H and O–H groups in total. The summed E-state index contributed by atoms with van der Waals surface area (Å²) in [6.07, 6.45) is 2.69. The molecule has 1 aromatic carbocycles. The lowest BCUT2D eigenvalue weighted by Gasteiger charge is -2.08. The van der Waals surface area contributed by atoms with Crippen molar-refractivity contribution < 1.29 is 8.42 Å². The minimum atomic E-state index is -3.38. The average molecular weight is 405 g/mol. The van der Waals surface area contributed by atoms with Crippen molar-refractivity contribution in [3.05, 3.63) is 36.0 Å². The first kappa shape index (κ1) is 17.1. The number of hydrogen-bond donors (Lipinski definition) is 0. The maximum absolute atomic E-state index is 12.2. The third-order valence-corrected chi connectivity index (χ3v) is 6.75. The molecule has 4 aromatic rings. The lowest BCUT2D eigenvalue weighted by Crippen LogP contribution is -1.99. The number of hydrogen-bond acceptors (Lipinski definition) is 9. The molecular weight excluding hydrogens is 392 g/mol. The van der Waals surface area contributed by atoms with Crippen molar-refractivity contribution in [1.29, 1.82) is 0 Å². The molecule has 0 spiro atoms. The lowest BCUT2D eigenvalue weighted by atomic mass is 10.1. The number of rotatable bonds is 4. The van der Waals surface area contributed by atoms with Gasteiger partial charge < -0.3 is 0 Å². The molecule has 8 nitrogen and oxygen atoms in total. The highest BCUT2D eigenvalue weighted by Gasteiger charge is 2.20. The first-order valence-corrected chi connectivity index (χ1v) is 11.0. The van der Waals surface area contributed by atoms with Gasteiger partial charge in [-0.1, -0.05) is 18.2 Å².